The molecule has 0 saturated heterocycles. The number of anilines is 1. The average molecular weight is 580 g/mol. The number of aromatic nitrogens is 6. The molecular weight excluding hydrogens is 551 g/mol. The molecule has 13 heteroatoms. The van der Waals surface area contributed by atoms with E-state index in [-0.39, 0.29) is 18.3 Å². The van der Waals surface area contributed by atoms with Crippen molar-refractivity contribution in [2.24, 2.45) is 7.05 Å². The highest BCUT2D eigenvalue weighted by molar-refractivity contribution is 5.88. The van der Waals surface area contributed by atoms with Crippen LogP contribution in [0.25, 0.3) is 28.9 Å². The maximum atomic E-state index is 13.1. The van der Waals surface area contributed by atoms with Gasteiger partial charge in [0.1, 0.15) is 23.5 Å². The predicted octanol–water partition coefficient (Wildman–Crippen LogP) is 5.43. The number of halogens is 3. The minimum Gasteiger partial charge on any atom is -0.480 e. The zero-order valence-electron chi connectivity index (χ0n) is 23.1. The van der Waals surface area contributed by atoms with E-state index in [1.54, 1.807) is 43.5 Å². The van der Waals surface area contributed by atoms with Gasteiger partial charge in [-0.15, -0.1) is 0 Å². The molecule has 0 amide bonds. The van der Waals surface area contributed by atoms with Crippen LogP contribution >= 0.6 is 0 Å². The largest absolute Gasteiger partial charge is 0.480 e. The van der Waals surface area contributed by atoms with E-state index in [2.05, 4.69) is 25.3 Å². The van der Waals surface area contributed by atoms with Gasteiger partial charge in [0.05, 0.1) is 19.4 Å². The molecule has 4 aromatic rings. The maximum absolute atomic E-state index is 13.1. The minimum absolute atomic E-state index is 0.208. The number of rotatable bonds is 10. The molecule has 0 radical (unpaired) electrons. The second kappa shape index (κ2) is 12.0. The van der Waals surface area contributed by atoms with Gasteiger partial charge >= 0.3 is 12.1 Å². The number of nitrogens with zero attached hydrogens (tertiary/aromatic N) is 6. The lowest BCUT2D eigenvalue weighted by atomic mass is 10.1. The van der Waals surface area contributed by atoms with Crippen molar-refractivity contribution < 1.29 is 27.4 Å². The van der Waals surface area contributed by atoms with E-state index in [1.165, 1.54) is 31.1 Å². The molecule has 0 spiro atoms. The molecule has 1 aliphatic carbocycles. The first kappa shape index (κ1) is 28.7. The molecule has 218 valence electrons. The smallest absolute Gasteiger partial charge is 0.434 e. The zero-order valence-corrected chi connectivity index (χ0v) is 23.1. The van der Waals surface area contributed by atoms with E-state index in [0.717, 1.165) is 30.3 Å². The molecule has 1 aromatic carbocycles. The summed E-state index contributed by atoms with van der Waals surface area (Å²) in [5, 5.41) is 3.29. The SMILES string of the molecule is CCOC(=O)/C=C/c1cnc(-c2c(OC)ncnc2C2CC2)nc1NCc1ccc(-c2nc(C(F)(F)F)cn2C)cc1. The Hall–Kier alpha value is -4.81. The summed E-state index contributed by atoms with van der Waals surface area (Å²) >= 11 is 0. The third-order valence-electron chi connectivity index (χ3n) is 6.56. The topological polar surface area (TPSA) is 117 Å². The summed E-state index contributed by atoms with van der Waals surface area (Å²) in [7, 11) is 3.04. The second-order valence-corrected chi connectivity index (χ2v) is 9.61. The van der Waals surface area contributed by atoms with Crippen LogP contribution in [0.1, 0.15) is 48.2 Å². The zero-order chi connectivity index (χ0) is 29.9. The molecule has 1 saturated carbocycles. The first-order chi connectivity index (χ1) is 20.2. The van der Waals surface area contributed by atoms with Crippen molar-refractivity contribution in [3.63, 3.8) is 0 Å². The number of benzene rings is 1. The average Bonchev–Trinajstić information content (AvgIpc) is 3.75. The first-order valence-corrected chi connectivity index (χ1v) is 13.2. The number of hydrogen-bond donors (Lipinski definition) is 1. The molecule has 10 nitrogen and oxygen atoms in total. The van der Waals surface area contributed by atoms with Gasteiger partial charge in [-0.05, 0) is 31.4 Å². The van der Waals surface area contributed by atoms with E-state index in [0.29, 0.717) is 40.8 Å². The summed E-state index contributed by atoms with van der Waals surface area (Å²) in [5.41, 5.74) is 2.41. The maximum Gasteiger partial charge on any atom is 0.434 e. The normalized spacial score (nSPS) is 13.4. The molecule has 3 aromatic heterocycles. The van der Waals surface area contributed by atoms with Gasteiger partial charge in [-0.1, -0.05) is 24.3 Å². The van der Waals surface area contributed by atoms with Crippen LogP contribution < -0.4 is 10.1 Å². The summed E-state index contributed by atoms with van der Waals surface area (Å²) in [6.07, 6.45) is 4.36. The second-order valence-electron chi connectivity index (χ2n) is 9.61. The third kappa shape index (κ3) is 6.40. The molecule has 1 aliphatic rings. The lowest BCUT2D eigenvalue weighted by molar-refractivity contribution is -0.141. The van der Waals surface area contributed by atoms with E-state index in [4.69, 9.17) is 14.5 Å². The number of nitrogens with one attached hydrogen (secondary N) is 1. The van der Waals surface area contributed by atoms with Crippen LogP contribution in [0, 0.1) is 0 Å². The fourth-order valence-corrected chi connectivity index (χ4v) is 4.37. The summed E-state index contributed by atoms with van der Waals surface area (Å²) in [6.45, 7) is 2.29. The van der Waals surface area contributed by atoms with Crippen molar-refractivity contribution >= 4 is 17.9 Å². The molecule has 3 heterocycles. The number of alkyl halides is 3. The van der Waals surface area contributed by atoms with Gasteiger partial charge in [0.15, 0.2) is 11.5 Å². The molecular formula is C29H28F3N7O3. The summed E-state index contributed by atoms with van der Waals surface area (Å²) < 4.78 is 51.1. The van der Waals surface area contributed by atoms with E-state index in [1.807, 2.05) is 0 Å². The summed E-state index contributed by atoms with van der Waals surface area (Å²) in [5.74, 6) is 1.17. The van der Waals surface area contributed by atoms with Crippen LogP contribution in [0.4, 0.5) is 19.0 Å². The van der Waals surface area contributed by atoms with E-state index in [9.17, 15) is 18.0 Å². The molecule has 0 aliphatic heterocycles. The van der Waals surface area contributed by atoms with Crippen molar-refractivity contribution in [1.82, 2.24) is 29.5 Å². The number of carbonyl (C=O) groups is 1. The molecule has 0 unspecified atom stereocenters. The third-order valence-corrected chi connectivity index (χ3v) is 6.56. The molecule has 1 fully saturated rings. The molecule has 1 N–H and O–H groups in total. The monoisotopic (exact) mass is 579 g/mol. The van der Waals surface area contributed by atoms with Gasteiger partial charge in [-0.25, -0.2) is 29.7 Å². The van der Waals surface area contributed by atoms with Crippen molar-refractivity contribution in [2.45, 2.75) is 38.4 Å². The van der Waals surface area contributed by atoms with Crippen LogP contribution in [0.15, 0.2) is 49.1 Å². The standard InChI is InChI=1S/C29H28F3N7O3/c1-4-42-22(40)12-11-20-14-34-26(23-24(18-9-10-18)35-16-36-28(23)41-3)38-25(20)33-13-17-5-7-19(8-6-17)27-37-21(15-39(27)2)29(30,31)32/h5-8,11-12,14-16,18H,4,9-10,13H2,1-3H3,(H,33,34,38)/b12-11+. The van der Waals surface area contributed by atoms with Crippen molar-refractivity contribution in [2.75, 3.05) is 19.0 Å². The Kier molecular flexibility index (Phi) is 8.18. The number of aryl methyl sites for hydroxylation is 1. The fraction of sp³-hybridized carbons (Fsp3) is 0.310. The quantitative estimate of drug-likeness (QED) is 0.194. The van der Waals surface area contributed by atoms with Crippen molar-refractivity contribution in [3.05, 3.63) is 71.6 Å². The van der Waals surface area contributed by atoms with Gasteiger partial charge < -0.3 is 19.4 Å². The van der Waals surface area contributed by atoms with Crippen LogP contribution in [-0.2, 0) is 29.3 Å². The highest BCUT2D eigenvalue weighted by Gasteiger charge is 2.34. The van der Waals surface area contributed by atoms with E-state index >= 15 is 0 Å². The van der Waals surface area contributed by atoms with Crippen LogP contribution in [0.2, 0.25) is 0 Å². The molecule has 0 atom stereocenters. The van der Waals surface area contributed by atoms with Crippen molar-refractivity contribution in [1.29, 1.82) is 0 Å². The Morgan fingerprint density at radius 2 is 1.90 bits per heavy atom. The number of ether oxygens (including phenoxy) is 2. The Morgan fingerprint density at radius 3 is 2.55 bits per heavy atom. The van der Waals surface area contributed by atoms with Crippen LogP contribution in [0.3, 0.4) is 0 Å². The lowest BCUT2D eigenvalue weighted by Gasteiger charge is -2.14. The van der Waals surface area contributed by atoms with Gasteiger partial charge in [0, 0.05) is 49.1 Å². The number of imidazole rings is 1. The minimum atomic E-state index is -4.52. The number of carbonyl (C=O) groups excluding carboxylic acids is 1. The number of esters is 1. The molecule has 5 rings (SSSR count). The summed E-state index contributed by atoms with van der Waals surface area (Å²) in [6, 6.07) is 7.00. The first-order valence-electron chi connectivity index (χ1n) is 13.2. The van der Waals surface area contributed by atoms with Crippen LogP contribution in [0.5, 0.6) is 5.88 Å². The molecule has 0 bridgehead atoms. The van der Waals surface area contributed by atoms with Gasteiger partial charge in [0.2, 0.25) is 5.88 Å². The summed E-state index contributed by atoms with van der Waals surface area (Å²) in [4.78, 5) is 33.7. The Morgan fingerprint density at radius 1 is 1.14 bits per heavy atom. The van der Waals surface area contributed by atoms with E-state index < -0.39 is 17.8 Å². The molecule has 42 heavy (non-hydrogen) atoms. The van der Waals surface area contributed by atoms with Gasteiger partial charge in [-0.3, -0.25) is 0 Å². The highest BCUT2D eigenvalue weighted by Crippen LogP contribution is 2.45. The van der Waals surface area contributed by atoms with Gasteiger partial charge in [-0.2, -0.15) is 13.2 Å². The predicted molar refractivity (Wildman–Crippen MR) is 148 cm³/mol. The Bertz CT molecular complexity index is 1610. The van der Waals surface area contributed by atoms with Crippen LogP contribution in [-0.4, -0.2) is 49.2 Å². The number of methoxy groups -OCH3 is 1. The van der Waals surface area contributed by atoms with Crippen molar-refractivity contribution in [3.8, 4) is 28.7 Å². The Labute approximate surface area is 239 Å². The fourth-order valence-electron chi connectivity index (χ4n) is 4.37. The number of hydrogen-bond acceptors (Lipinski definition) is 9. The Balaban J connectivity index is 1.43. The highest BCUT2D eigenvalue weighted by atomic mass is 19.4. The van der Waals surface area contributed by atoms with Gasteiger partial charge in [0.25, 0.3) is 0 Å². The lowest BCUT2D eigenvalue weighted by Crippen LogP contribution is -2.08.